The fraction of sp³-hybridized carbons (Fsp3) is 0.333. The van der Waals surface area contributed by atoms with Gasteiger partial charge in [-0.05, 0) is 18.2 Å². The number of nitrogens with one attached hydrogen (secondary N) is 1. The van der Waals surface area contributed by atoms with Gasteiger partial charge in [-0.3, -0.25) is 0 Å². The van der Waals surface area contributed by atoms with Crippen molar-refractivity contribution in [3.8, 4) is 11.5 Å². The minimum absolute atomic E-state index is 0.00578. The Morgan fingerprint density at radius 1 is 1.17 bits per heavy atom. The van der Waals surface area contributed by atoms with Gasteiger partial charge in [0.15, 0.2) is 0 Å². The molecule has 8 nitrogen and oxygen atoms in total. The van der Waals surface area contributed by atoms with Gasteiger partial charge < -0.3 is 14.4 Å². The second kappa shape index (κ2) is 7.45. The van der Waals surface area contributed by atoms with Gasteiger partial charge in [0.05, 0.1) is 26.5 Å². The van der Waals surface area contributed by atoms with E-state index in [1.165, 1.54) is 20.3 Å². The summed E-state index contributed by atoms with van der Waals surface area (Å²) in [6.07, 6.45) is 1.58. The van der Waals surface area contributed by atoms with Gasteiger partial charge in [-0.1, -0.05) is 0 Å². The summed E-state index contributed by atoms with van der Waals surface area (Å²) < 4.78 is 37.9. The average molecular weight is 352 g/mol. The molecule has 0 radical (unpaired) electrons. The van der Waals surface area contributed by atoms with E-state index in [0.29, 0.717) is 17.4 Å². The molecular weight excluding hydrogens is 332 g/mol. The molecule has 1 heterocycles. The molecule has 0 aliphatic rings. The molecule has 0 aliphatic carbocycles. The first-order valence-corrected chi connectivity index (χ1v) is 8.56. The van der Waals surface area contributed by atoms with Crippen LogP contribution in [0.3, 0.4) is 0 Å². The molecule has 2 rings (SSSR count). The topological polar surface area (TPSA) is 93.6 Å². The summed E-state index contributed by atoms with van der Waals surface area (Å²) in [5.74, 6) is 1.17. The number of benzene rings is 1. The summed E-state index contributed by atoms with van der Waals surface area (Å²) in [6.45, 7) is 0.0338. The summed E-state index contributed by atoms with van der Waals surface area (Å²) in [5.41, 5.74) is 0.555. The van der Waals surface area contributed by atoms with Crippen molar-refractivity contribution in [1.82, 2.24) is 14.7 Å². The first-order chi connectivity index (χ1) is 11.4. The lowest BCUT2D eigenvalue weighted by atomic mass is 10.3. The number of aromatic nitrogens is 2. The Morgan fingerprint density at radius 3 is 2.54 bits per heavy atom. The van der Waals surface area contributed by atoms with Crippen LogP contribution in [-0.2, 0) is 16.6 Å². The normalized spacial score (nSPS) is 11.2. The highest BCUT2D eigenvalue weighted by molar-refractivity contribution is 7.89. The highest BCUT2D eigenvalue weighted by Crippen LogP contribution is 2.28. The molecule has 0 saturated carbocycles. The smallest absolute Gasteiger partial charge is 0.244 e. The molecule has 130 valence electrons. The van der Waals surface area contributed by atoms with Gasteiger partial charge in [0, 0.05) is 26.4 Å². The van der Waals surface area contributed by atoms with Crippen molar-refractivity contribution in [3.63, 3.8) is 0 Å². The van der Waals surface area contributed by atoms with E-state index in [9.17, 15) is 8.42 Å². The van der Waals surface area contributed by atoms with E-state index in [-0.39, 0.29) is 17.2 Å². The molecule has 0 unspecified atom stereocenters. The average Bonchev–Trinajstić information content (AvgIpc) is 2.59. The Bertz CT molecular complexity index is 809. The van der Waals surface area contributed by atoms with Crippen molar-refractivity contribution in [2.24, 2.45) is 0 Å². The Hall–Kier alpha value is -2.39. The van der Waals surface area contributed by atoms with Gasteiger partial charge in [-0.15, -0.1) is 0 Å². The van der Waals surface area contributed by atoms with Crippen molar-refractivity contribution in [1.29, 1.82) is 0 Å². The molecule has 1 aromatic heterocycles. The van der Waals surface area contributed by atoms with E-state index in [1.54, 1.807) is 29.3 Å². The number of anilines is 1. The van der Waals surface area contributed by atoms with Gasteiger partial charge in [0.2, 0.25) is 16.0 Å². The summed E-state index contributed by atoms with van der Waals surface area (Å²) in [6, 6.07) is 6.23. The largest absolute Gasteiger partial charge is 0.497 e. The number of ether oxygens (including phenoxy) is 2. The zero-order valence-corrected chi connectivity index (χ0v) is 14.8. The Balaban J connectivity index is 2.24. The number of sulfonamides is 1. The first-order valence-electron chi connectivity index (χ1n) is 7.08. The molecule has 0 amide bonds. The van der Waals surface area contributed by atoms with Crippen LogP contribution in [-0.4, -0.2) is 46.7 Å². The van der Waals surface area contributed by atoms with Crippen LogP contribution in [0.1, 0.15) is 5.69 Å². The van der Waals surface area contributed by atoms with Crippen molar-refractivity contribution in [3.05, 3.63) is 36.2 Å². The molecule has 0 aliphatic heterocycles. The molecule has 9 heteroatoms. The van der Waals surface area contributed by atoms with Crippen LogP contribution < -0.4 is 19.1 Å². The molecule has 0 fully saturated rings. The van der Waals surface area contributed by atoms with Crippen LogP contribution in [0, 0.1) is 0 Å². The van der Waals surface area contributed by atoms with Crippen molar-refractivity contribution in [2.75, 3.05) is 33.2 Å². The number of methoxy groups -OCH3 is 2. The van der Waals surface area contributed by atoms with Crippen molar-refractivity contribution in [2.45, 2.75) is 11.4 Å². The summed E-state index contributed by atoms with van der Waals surface area (Å²) in [7, 11) is 2.70. The quantitative estimate of drug-likeness (QED) is 0.795. The van der Waals surface area contributed by atoms with Crippen LogP contribution in [0.25, 0.3) is 0 Å². The van der Waals surface area contributed by atoms with E-state index in [0.717, 1.165) is 0 Å². The Labute approximate surface area is 141 Å². The van der Waals surface area contributed by atoms with Gasteiger partial charge in [-0.2, -0.15) is 0 Å². The standard InChI is InChI=1S/C15H20N4O4S/c1-19(2)15-16-8-7-11(18-15)10-17-24(20,21)14-9-12(22-3)5-6-13(14)23-4/h5-9,17H,10H2,1-4H3. The number of hydrogen-bond donors (Lipinski definition) is 1. The van der Waals surface area contributed by atoms with Gasteiger partial charge >= 0.3 is 0 Å². The van der Waals surface area contributed by atoms with E-state index in [2.05, 4.69) is 14.7 Å². The summed E-state index contributed by atoms with van der Waals surface area (Å²) >= 11 is 0. The fourth-order valence-electron chi connectivity index (χ4n) is 1.94. The fourth-order valence-corrected chi connectivity index (χ4v) is 3.12. The number of hydrogen-bond acceptors (Lipinski definition) is 7. The minimum atomic E-state index is -3.80. The number of nitrogens with zero attached hydrogens (tertiary/aromatic N) is 3. The third-order valence-corrected chi connectivity index (χ3v) is 4.63. The maximum absolute atomic E-state index is 12.6. The predicted octanol–water partition coefficient (Wildman–Crippen LogP) is 1.04. The summed E-state index contributed by atoms with van der Waals surface area (Å²) in [4.78, 5) is 10.1. The van der Waals surface area contributed by atoms with E-state index < -0.39 is 10.0 Å². The lowest BCUT2D eigenvalue weighted by Gasteiger charge is -2.13. The maximum atomic E-state index is 12.6. The second-order valence-corrected chi connectivity index (χ2v) is 6.82. The number of rotatable bonds is 7. The van der Waals surface area contributed by atoms with Crippen molar-refractivity contribution < 1.29 is 17.9 Å². The molecular formula is C15H20N4O4S. The predicted molar refractivity (Wildman–Crippen MR) is 89.9 cm³/mol. The van der Waals surface area contributed by atoms with Crippen molar-refractivity contribution >= 4 is 16.0 Å². The maximum Gasteiger partial charge on any atom is 0.244 e. The SMILES string of the molecule is COc1ccc(OC)c(S(=O)(=O)NCc2ccnc(N(C)C)n2)c1. The summed E-state index contributed by atoms with van der Waals surface area (Å²) in [5, 5.41) is 0. The van der Waals surface area contributed by atoms with Crippen LogP contribution in [0.5, 0.6) is 11.5 Å². The lowest BCUT2D eigenvalue weighted by molar-refractivity contribution is 0.392. The Morgan fingerprint density at radius 2 is 1.92 bits per heavy atom. The van der Waals surface area contributed by atoms with Crippen LogP contribution in [0.15, 0.2) is 35.4 Å². The molecule has 1 N–H and O–H groups in total. The van der Waals surface area contributed by atoms with E-state index in [4.69, 9.17) is 9.47 Å². The van der Waals surface area contributed by atoms with Gasteiger partial charge in [-0.25, -0.2) is 23.1 Å². The van der Waals surface area contributed by atoms with Crippen LogP contribution in [0.4, 0.5) is 5.95 Å². The van der Waals surface area contributed by atoms with Crippen LogP contribution in [0.2, 0.25) is 0 Å². The van der Waals surface area contributed by atoms with Gasteiger partial charge in [0.25, 0.3) is 0 Å². The third-order valence-electron chi connectivity index (χ3n) is 3.20. The molecule has 0 spiro atoms. The second-order valence-electron chi connectivity index (χ2n) is 5.08. The zero-order valence-electron chi connectivity index (χ0n) is 14.0. The highest BCUT2D eigenvalue weighted by Gasteiger charge is 2.20. The van der Waals surface area contributed by atoms with Crippen LogP contribution >= 0.6 is 0 Å². The zero-order chi connectivity index (χ0) is 17.7. The third kappa shape index (κ3) is 4.12. The first kappa shape index (κ1) is 18.0. The highest BCUT2D eigenvalue weighted by atomic mass is 32.2. The molecule has 2 aromatic rings. The Kier molecular flexibility index (Phi) is 5.58. The molecule has 0 atom stereocenters. The molecule has 1 aromatic carbocycles. The van der Waals surface area contributed by atoms with Gasteiger partial charge in [0.1, 0.15) is 16.4 Å². The monoisotopic (exact) mass is 352 g/mol. The molecule has 24 heavy (non-hydrogen) atoms. The minimum Gasteiger partial charge on any atom is -0.497 e. The van der Waals surface area contributed by atoms with E-state index >= 15 is 0 Å². The molecule has 0 saturated heterocycles. The molecule has 0 bridgehead atoms. The van der Waals surface area contributed by atoms with E-state index in [1.807, 2.05) is 14.1 Å². The lowest BCUT2D eigenvalue weighted by Crippen LogP contribution is -2.25.